The molecular formula is C28H25FN4O5. The number of amides is 1. The molecule has 9 nitrogen and oxygen atoms in total. The quantitative estimate of drug-likeness (QED) is 0.333. The molecule has 4 aromatic rings. The van der Waals surface area contributed by atoms with Crippen LogP contribution in [0.1, 0.15) is 41.6 Å². The molecule has 0 saturated carbocycles. The maximum Gasteiger partial charge on any atom is 0.356 e. The highest BCUT2D eigenvalue weighted by Crippen LogP contribution is 2.36. The molecule has 0 radical (unpaired) electrons. The van der Waals surface area contributed by atoms with Crippen LogP contribution in [0.4, 0.5) is 4.39 Å². The molecule has 0 unspecified atom stereocenters. The largest absolute Gasteiger partial charge is 0.494 e. The summed E-state index contributed by atoms with van der Waals surface area (Å²) in [7, 11) is 1.38. The molecule has 1 N–H and O–H groups in total. The second-order valence-corrected chi connectivity index (χ2v) is 8.76. The van der Waals surface area contributed by atoms with Crippen molar-refractivity contribution in [2.75, 3.05) is 13.7 Å². The van der Waals surface area contributed by atoms with Gasteiger partial charge < -0.3 is 19.5 Å². The summed E-state index contributed by atoms with van der Waals surface area (Å²) in [4.78, 5) is 35.4. The molecule has 0 spiro atoms. The number of carbonyl (C=O) groups excluding carboxylic acids is 1. The number of piperidine rings is 1. The first kappa shape index (κ1) is 24.9. The second-order valence-electron chi connectivity index (χ2n) is 8.76. The van der Waals surface area contributed by atoms with E-state index in [0.29, 0.717) is 41.3 Å². The average molecular weight is 517 g/mol. The van der Waals surface area contributed by atoms with Crippen molar-refractivity contribution < 1.29 is 28.6 Å². The van der Waals surface area contributed by atoms with Gasteiger partial charge in [-0.2, -0.15) is 4.39 Å². The molecular weight excluding hydrogens is 491 g/mol. The van der Waals surface area contributed by atoms with Gasteiger partial charge in [0.25, 0.3) is 0 Å². The van der Waals surface area contributed by atoms with Crippen LogP contribution in [-0.4, -0.2) is 49.9 Å². The van der Waals surface area contributed by atoms with Gasteiger partial charge in [-0.15, -0.1) is 0 Å². The van der Waals surface area contributed by atoms with Crippen molar-refractivity contribution in [3.63, 3.8) is 0 Å². The Balaban J connectivity index is 1.58. The lowest BCUT2D eigenvalue weighted by molar-refractivity contribution is -0.129. The Kier molecular flexibility index (Phi) is 6.78. The standard InChI is InChI=1S/C28H25FN4O5/c1-3-22(34)32-15-5-4-7-19(32)27-31-24(26-25(28(35)36)30-14-16-33(26)27)17-10-12-18(13-11-17)38-21-9-6-8-20(37-2)23(21)29/h3,6,8-14,16,19H,1,4-5,7,15H2,2H3,(H,35,36)/t19-/m0/s1. The third-order valence-corrected chi connectivity index (χ3v) is 6.55. The topological polar surface area (TPSA) is 106 Å². The van der Waals surface area contributed by atoms with E-state index in [1.807, 2.05) is 0 Å². The number of halogens is 1. The van der Waals surface area contributed by atoms with Crippen LogP contribution in [0.2, 0.25) is 0 Å². The number of benzene rings is 2. The fourth-order valence-corrected chi connectivity index (χ4v) is 4.77. The van der Waals surface area contributed by atoms with Gasteiger partial charge >= 0.3 is 5.97 Å². The number of likely N-dealkylation sites (tertiary alicyclic amines) is 1. The lowest BCUT2D eigenvalue weighted by atomic mass is 10.0. The van der Waals surface area contributed by atoms with Crippen molar-refractivity contribution in [2.45, 2.75) is 25.3 Å². The van der Waals surface area contributed by atoms with Gasteiger partial charge in [-0.1, -0.05) is 12.6 Å². The van der Waals surface area contributed by atoms with Gasteiger partial charge in [0, 0.05) is 24.5 Å². The van der Waals surface area contributed by atoms with Gasteiger partial charge in [0.2, 0.25) is 11.7 Å². The van der Waals surface area contributed by atoms with Crippen LogP contribution >= 0.6 is 0 Å². The van der Waals surface area contributed by atoms with Crippen LogP contribution in [0.15, 0.2) is 67.5 Å². The highest BCUT2D eigenvalue weighted by atomic mass is 19.1. The number of ether oxygens (including phenoxy) is 2. The van der Waals surface area contributed by atoms with Crippen molar-refractivity contribution in [2.24, 2.45) is 0 Å². The van der Waals surface area contributed by atoms with E-state index >= 15 is 0 Å². The predicted octanol–water partition coefficient (Wildman–Crippen LogP) is 5.27. The molecule has 1 amide bonds. The Morgan fingerprint density at radius 3 is 2.63 bits per heavy atom. The fraction of sp³-hybridized carbons (Fsp3) is 0.214. The fourth-order valence-electron chi connectivity index (χ4n) is 4.77. The van der Waals surface area contributed by atoms with Gasteiger partial charge in [0.1, 0.15) is 17.1 Å². The van der Waals surface area contributed by atoms with E-state index < -0.39 is 11.8 Å². The third kappa shape index (κ3) is 4.45. The van der Waals surface area contributed by atoms with E-state index in [-0.39, 0.29) is 29.1 Å². The first-order valence-corrected chi connectivity index (χ1v) is 12.1. The molecule has 2 aromatic heterocycles. The number of fused-ring (bicyclic) bond motifs is 1. The normalized spacial score (nSPS) is 15.3. The van der Waals surface area contributed by atoms with E-state index in [9.17, 15) is 19.1 Å². The molecule has 10 heteroatoms. The van der Waals surface area contributed by atoms with Crippen molar-refractivity contribution in [3.05, 3.63) is 84.8 Å². The number of carboxylic acid groups (broad SMARTS) is 1. The summed E-state index contributed by atoms with van der Waals surface area (Å²) in [5.41, 5.74) is 1.18. The number of hydrogen-bond donors (Lipinski definition) is 1. The summed E-state index contributed by atoms with van der Waals surface area (Å²) >= 11 is 0. The zero-order chi connectivity index (χ0) is 26.8. The number of methoxy groups -OCH3 is 1. The van der Waals surface area contributed by atoms with E-state index in [1.54, 1.807) is 45.8 Å². The zero-order valence-electron chi connectivity index (χ0n) is 20.6. The summed E-state index contributed by atoms with van der Waals surface area (Å²) < 4.78 is 26.9. The van der Waals surface area contributed by atoms with Gasteiger partial charge in [-0.05, 0) is 61.7 Å². The summed E-state index contributed by atoms with van der Waals surface area (Å²) in [6.45, 7) is 4.18. The Labute approximate surface area is 217 Å². The number of aromatic nitrogens is 3. The average Bonchev–Trinajstić information content (AvgIpc) is 3.34. The molecule has 1 aliphatic rings. The van der Waals surface area contributed by atoms with Gasteiger partial charge in [-0.25, -0.2) is 14.8 Å². The summed E-state index contributed by atoms with van der Waals surface area (Å²) in [5, 5.41) is 9.88. The van der Waals surface area contributed by atoms with Crippen LogP contribution in [0.25, 0.3) is 16.8 Å². The van der Waals surface area contributed by atoms with Crippen LogP contribution < -0.4 is 9.47 Å². The third-order valence-electron chi connectivity index (χ3n) is 6.55. The molecule has 1 saturated heterocycles. The number of rotatable bonds is 7. The summed E-state index contributed by atoms with van der Waals surface area (Å²) in [5.74, 6) is -1.02. The molecule has 3 heterocycles. The maximum atomic E-state index is 14.5. The van der Waals surface area contributed by atoms with E-state index in [0.717, 1.165) is 12.8 Å². The molecule has 0 bridgehead atoms. The Morgan fingerprint density at radius 1 is 1.16 bits per heavy atom. The first-order valence-electron chi connectivity index (χ1n) is 12.1. The van der Waals surface area contributed by atoms with Crippen molar-refractivity contribution in [1.82, 2.24) is 19.3 Å². The SMILES string of the molecule is C=CC(=O)N1CCCC[C@H]1c1nc(-c2ccc(Oc3cccc(OC)c3F)cc2)c2c(C(=O)O)nccn12. The van der Waals surface area contributed by atoms with E-state index in [2.05, 4.69) is 11.6 Å². The maximum absolute atomic E-state index is 14.5. The van der Waals surface area contributed by atoms with Gasteiger partial charge in [0.05, 0.1) is 18.8 Å². The zero-order valence-corrected chi connectivity index (χ0v) is 20.6. The molecule has 194 valence electrons. The number of carbonyl (C=O) groups is 2. The van der Waals surface area contributed by atoms with Crippen molar-refractivity contribution in [3.8, 4) is 28.5 Å². The minimum absolute atomic E-state index is 0.00784. The minimum Gasteiger partial charge on any atom is -0.494 e. The second kappa shape index (κ2) is 10.3. The summed E-state index contributed by atoms with van der Waals surface area (Å²) in [6.07, 6.45) is 6.79. The molecule has 0 aliphatic carbocycles. The van der Waals surface area contributed by atoms with Crippen molar-refractivity contribution in [1.29, 1.82) is 0 Å². The smallest absolute Gasteiger partial charge is 0.356 e. The lowest BCUT2D eigenvalue weighted by Crippen LogP contribution is -2.38. The molecule has 1 aliphatic heterocycles. The number of imidazole rings is 1. The highest BCUT2D eigenvalue weighted by Gasteiger charge is 2.32. The van der Waals surface area contributed by atoms with Gasteiger partial charge in [-0.3, -0.25) is 9.20 Å². The van der Waals surface area contributed by atoms with Crippen LogP contribution in [0.5, 0.6) is 17.2 Å². The monoisotopic (exact) mass is 516 g/mol. The van der Waals surface area contributed by atoms with Crippen LogP contribution in [-0.2, 0) is 4.79 Å². The number of nitrogens with zero attached hydrogens (tertiary/aromatic N) is 4. The Bertz CT molecular complexity index is 1530. The number of hydrogen-bond acceptors (Lipinski definition) is 6. The van der Waals surface area contributed by atoms with E-state index in [1.165, 1.54) is 31.5 Å². The Hall–Kier alpha value is -4.73. The molecule has 1 atom stereocenters. The first-order chi connectivity index (χ1) is 18.4. The highest BCUT2D eigenvalue weighted by molar-refractivity contribution is 5.98. The Morgan fingerprint density at radius 2 is 1.92 bits per heavy atom. The minimum atomic E-state index is -1.19. The molecule has 38 heavy (non-hydrogen) atoms. The molecule has 5 rings (SSSR count). The predicted molar refractivity (Wildman–Crippen MR) is 137 cm³/mol. The number of carboxylic acids is 1. The van der Waals surface area contributed by atoms with Crippen LogP contribution in [0, 0.1) is 5.82 Å². The van der Waals surface area contributed by atoms with E-state index in [4.69, 9.17) is 14.5 Å². The molecule has 1 fully saturated rings. The molecule has 2 aromatic carbocycles. The summed E-state index contributed by atoms with van der Waals surface area (Å²) in [6, 6.07) is 11.0. The lowest BCUT2D eigenvalue weighted by Gasteiger charge is -2.34. The van der Waals surface area contributed by atoms with Crippen molar-refractivity contribution >= 4 is 17.4 Å². The van der Waals surface area contributed by atoms with Gasteiger partial charge in [0.15, 0.2) is 17.2 Å². The number of aromatic carboxylic acids is 1. The van der Waals surface area contributed by atoms with Crippen LogP contribution in [0.3, 0.4) is 0 Å².